The molecule has 0 unspecified atom stereocenters. The highest BCUT2D eigenvalue weighted by Crippen LogP contribution is 2.10. The number of hydrogen-bond donors (Lipinski definition) is 2. The van der Waals surface area contributed by atoms with Gasteiger partial charge in [0.05, 0.1) is 0 Å². The van der Waals surface area contributed by atoms with E-state index in [0.29, 0.717) is 16.8 Å². The molecule has 2 rings (SSSR count). The molecular formula is C20H21N3O5. The average molecular weight is 383 g/mol. The van der Waals surface area contributed by atoms with E-state index in [2.05, 4.69) is 10.6 Å². The quantitative estimate of drug-likeness (QED) is 0.701. The molecule has 0 atom stereocenters. The fourth-order valence-corrected chi connectivity index (χ4v) is 2.19. The fraction of sp³-hybridized carbons (Fsp3) is 0.200. The van der Waals surface area contributed by atoms with Crippen LogP contribution in [0.4, 0.5) is 5.69 Å². The van der Waals surface area contributed by atoms with Gasteiger partial charge in [0.2, 0.25) is 0 Å². The molecule has 0 spiro atoms. The van der Waals surface area contributed by atoms with Gasteiger partial charge in [-0.25, -0.2) is 0 Å². The minimum Gasteiger partial charge on any atom is -0.454 e. The van der Waals surface area contributed by atoms with Crippen LogP contribution in [-0.2, 0) is 14.3 Å². The van der Waals surface area contributed by atoms with Gasteiger partial charge in [0, 0.05) is 30.9 Å². The van der Waals surface area contributed by atoms with E-state index in [-0.39, 0.29) is 12.5 Å². The Hall–Kier alpha value is -3.68. The van der Waals surface area contributed by atoms with Gasteiger partial charge in [0.25, 0.3) is 17.7 Å². The molecule has 2 N–H and O–H groups in total. The predicted octanol–water partition coefficient (Wildman–Crippen LogP) is 1.30. The molecule has 0 heterocycles. The van der Waals surface area contributed by atoms with Crippen molar-refractivity contribution < 1.29 is 23.9 Å². The molecule has 0 aliphatic rings. The van der Waals surface area contributed by atoms with Crippen molar-refractivity contribution in [1.82, 2.24) is 10.2 Å². The number of amides is 3. The zero-order valence-electron chi connectivity index (χ0n) is 15.6. The summed E-state index contributed by atoms with van der Waals surface area (Å²) in [6.07, 6.45) is 0. The summed E-state index contributed by atoms with van der Waals surface area (Å²) < 4.78 is 4.83. The van der Waals surface area contributed by atoms with Crippen molar-refractivity contribution in [2.24, 2.45) is 0 Å². The van der Waals surface area contributed by atoms with E-state index in [1.54, 1.807) is 68.7 Å². The second kappa shape index (κ2) is 9.86. The third kappa shape index (κ3) is 6.24. The normalized spacial score (nSPS) is 9.93. The lowest BCUT2D eigenvalue weighted by Gasteiger charge is -2.11. The monoisotopic (exact) mass is 383 g/mol. The molecular weight excluding hydrogens is 362 g/mol. The number of anilines is 1. The molecule has 0 radical (unpaired) electrons. The van der Waals surface area contributed by atoms with E-state index in [9.17, 15) is 19.2 Å². The van der Waals surface area contributed by atoms with Crippen molar-refractivity contribution in [2.45, 2.75) is 0 Å². The number of nitrogens with one attached hydrogen (secondary N) is 2. The first-order chi connectivity index (χ1) is 13.4. The Morgan fingerprint density at radius 3 is 2.14 bits per heavy atom. The molecule has 146 valence electrons. The van der Waals surface area contributed by atoms with E-state index in [1.807, 2.05) is 0 Å². The Bertz CT molecular complexity index is 848. The van der Waals surface area contributed by atoms with Gasteiger partial charge in [-0.15, -0.1) is 0 Å². The van der Waals surface area contributed by atoms with Gasteiger partial charge in [-0.3, -0.25) is 19.2 Å². The number of benzene rings is 2. The van der Waals surface area contributed by atoms with Gasteiger partial charge in [-0.1, -0.05) is 18.2 Å². The van der Waals surface area contributed by atoms with Crippen LogP contribution in [0, 0.1) is 0 Å². The summed E-state index contributed by atoms with van der Waals surface area (Å²) in [6.45, 7) is -0.833. The van der Waals surface area contributed by atoms with Crippen LogP contribution in [0.25, 0.3) is 0 Å². The Morgan fingerprint density at radius 1 is 0.893 bits per heavy atom. The standard InChI is InChI=1S/C20H21N3O5/c1-23(2)20(27)15-8-10-16(11-9-15)22-17(24)13-28-18(25)12-21-19(26)14-6-4-3-5-7-14/h3-11H,12-13H2,1-2H3,(H,21,26)(H,22,24). The molecule has 0 aliphatic carbocycles. The lowest BCUT2D eigenvalue weighted by Crippen LogP contribution is -2.32. The third-order valence-electron chi connectivity index (χ3n) is 3.62. The summed E-state index contributed by atoms with van der Waals surface area (Å²) in [4.78, 5) is 48.6. The molecule has 0 saturated carbocycles. The van der Waals surface area contributed by atoms with Gasteiger partial charge < -0.3 is 20.3 Å². The van der Waals surface area contributed by atoms with E-state index in [4.69, 9.17) is 4.74 Å². The number of ether oxygens (including phenoxy) is 1. The molecule has 0 fully saturated rings. The lowest BCUT2D eigenvalue weighted by atomic mass is 10.2. The number of carbonyl (C=O) groups is 4. The Morgan fingerprint density at radius 2 is 1.54 bits per heavy atom. The second-order valence-electron chi connectivity index (χ2n) is 6.03. The van der Waals surface area contributed by atoms with Crippen LogP contribution in [0.2, 0.25) is 0 Å². The Labute approximate surface area is 162 Å². The first-order valence-electron chi connectivity index (χ1n) is 8.47. The Balaban J connectivity index is 1.73. The number of carbonyl (C=O) groups excluding carboxylic acids is 4. The largest absolute Gasteiger partial charge is 0.454 e. The maximum absolute atomic E-state index is 11.9. The van der Waals surface area contributed by atoms with Crippen LogP contribution >= 0.6 is 0 Å². The highest BCUT2D eigenvalue weighted by Gasteiger charge is 2.12. The third-order valence-corrected chi connectivity index (χ3v) is 3.62. The predicted molar refractivity (Wildman–Crippen MR) is 103 cm³/mol. The number of nitrogens with zero attached hydrogens (tertiary/aromatic N) is 1. The number of esters is 1. The summed E-state index contributed by atoms with van der Waals surface area (Å²) in [5, 5.41) is 4.97. The Kier molecular flexibility index (Phi) is 7.27. The van der Waals surface area contributed by atoms with Crippen molar-refractivity contribution >= 4 is 29.4 Å². The topological polar surface area (TPSA) is 105 Å². The van der Waals surface area contributed by atoms with Crippen LogP contribution in [0.5, 0.6) is 0 Å². The van der Waals surface area contributed by atoms with Crippen molar-refractivity contribution in [3.8, 4) is 0 Å². The van der Waals surface area contributed by atoms with Gasteiger partial charge in [0.15, 0.2) is 6.61 Å². The van der Waals surface area contributed by atoms with E-state index >= 15 is 0 Å². The maximum atomic E-state index is 11.9. The maximum Gasteiger partial charge on any atom is 0.325 e. The molecule has 3 amide bonds. The highest BCUT2D eigenvalue weighted by atomic mass is 16.5. The fourth-order valence-electron chi connectivity index (χ4n) is 2.19. The van der Waals surface area contributed by atoms with Crippen LogP contribution in [0.15, 0.2) is 54.6 Å². The van der Waals surface area contributed by atoms with Gasteiger partial charge in [-0.05, 0) is 36.4 Å². The van der Waals surface area contributed by atoms with Crippen LogP contribution in [0.1, 0.15) is 20.7 Å². The summed E-state index contributed by atoms with van der Waals surface area (Å²) in [5.74, 6) is -1.82. The van der Waals surface area contributed by atoms with Crippen LogP contribution < -0.4 is 10.6 Å². The van der Waals surface area contributed by atoms with Crippen molar-refractivity contribution in [1.29, 1.82) is 0 Å². The van der Waals surface area contributed by atoms with Crippen molar-refractivity contribution in [3.05, 3.63) is 65.7 Å². The molecule has 0 saturated heterocycles. The first kappa shape index (κ1) is 20.6. The van der Waals surface area contributed by atoms with Gasteiger partial charge in [-0.2, -0.15) is 0 Å². The number of rotatable bonds is 7. The van der Waals surface area contributed by atoms with Crippen molar-refractivity contribution in [3.63, 3.8) is 0 Å². The van der Waals surface area contributed by atoms with E-state index < -0.39 is 24.4 Å². The molecule has 8 nitrogen and oxygen atoms in total. The SMILES string of the molecule is CN(C)C(=O)c1ccc(NC(=O)COC(=O)CNC(=O)c2ccccc2)cc1. The van der Waals surface area contributed by atoms with Crippen LogP contribution in [-0.4, -0.2) is 55.8 Å². The molecule has 28 heavy (non-hydrogen) atoms. The molecule has 2 aromatic rings. The lowest BCUT2D eigenvalue weighted by molar-refractivity contribution is -0.146. The van der Waals surface area contributed by atoms with E-state index in [1.165, 1.54) is 4.90 Å². The van der Waals surface area contributed by atoms with Gasteiger partial charge >= 0.3 is 5.97 Å². The second-order valence-corrected chi connectivity index (χ2v) is 6.03. The minimum atomic E-state index is -0.730. The molecule has 0 aromatic heterocycles. The van der Waals surface area contributed by atoms with E-state index in [0.717, 1.165) is 0 Å². The van der Waals surface area contributed by atoms with Gasteiger partial charge in [0.1, 0.15) is 6.54 Å². The average Bonchev–Trinajstić information content (AvgIpc) is 2.71. The van der Waals surface area contributed by atoms with Crippen molar-refractivity contribution in [2.75, 3.05) is 32.6 Å². The smallest absolute Gasteiger partial charge is 0.325 e. The zero-order valence-corrected chi connectivity index (χ0v) is 15.6. The zero-order chi connectivity index (χ0) is 20.5. The summed E-state index contributed by atoms with van der Waals surface area (Å²) >= 11 is 0. The molecule has 0 bridgehead atoms. The summed E-state index contributed by atoms with van der Waals surface area (Å²) in [5.41, 5.74) is 1.38. The molecule has 2 aromatic carbocycles. The summed E-state index contributed by atoms with van der Waals surface area (Å²) in [7, 11) is 3.29. The highest BCUT2D eigenvalue weighted by molar-refractivity contribution is 5.97. The first-order valence-corrected chi connectivity index (χ1v) is 8.47. The minimum absolute atomic E-state index is 0.149. The number of hydrogen-bond acceptors (Lipinski definition) is 5. The molecule has 0 aliphatic heterocycles. The summed E-state index contributed by atoms with van der Waals surface area (Å²) in [6, 6.07) is 14.8. The molecule has 8 heteroatoms. The van der Waals surface area contributed by atoms with Crippen LogP contribution in [0.3, 0.4) is 0 Å².